The third-order valence-corrected chi connectivity index (χ3v) is 5.30. The number of rotatable bonds is 5. The molecule has 2 aromatic carbocycles. The van der Waals surface area contributed by atoms with Crippen LogP contribution < -0.4 is 10.5 Å². The topological polar surface area (TPSA) is 98.7 Å². The molecule has 0 unspecified atom stereocenters. The van der Waals surface area contributed by atoms with Crippen molar-refractivity contribution in [2.45, 2.75) is 18.8 Å². The van der Waals surface area contributed by atoms with Gasteiger partial charge in [0.15, 0.2) is 18.1 Å². The van der Waals surface area contributed by atoms with Crippen molar-refractivity contribution in [2.75, 3.05) is 19.7 Å². The molecule has 7 nitrogen and oxygen atoms in total. The molecule has 29 heavy (non-hydrogen) atoms. The molecule has 0 atom stereocenters. The molecule has 8 heteroatoms. The summed E-state index contributed by atoms with van der Waals surface area (Å²) in [6, 6.07) is 11.8. The van der Waals surface area contributed by atoms with Gasteiger partial charge in [-0.15, -0.1) is 0 Å². The summed E-state index contributed by atoms with van der Waals surface area (Å²) in [7, 11) is 0. The Balaban J connectivity index is 1.30. The average molecular weight is 414 g/mol. The number of carbonyl (C=O) groups is 2. The van der Waals surface area contributed by atoms with Gasteiger partial charge in [-0.2, -0.15) is 0 Å². The Morgan fingerprint density at radius 1 is 1.17 bits per heavy atom. The fourth-order valence-corrected chi connectivity index (χ4v) is 3.59. The molecule has 0 radical (unpaired) electrons. The first-order valence-electron chi connectivity index (χ1n) is 9.36. The highest BCUT2D eigenvalue weighted by atomic mass is 35.5. The summed E-state index contributed by atoms with van der Waals surface area (Å²) in [5.74, 6) is 0.806. The van der Waals surface area contributed by atoms with Gasteiger partial charge in [-0.3, -0.25) is 9.59 Å². The number of aromatic nitrogens is 1. The lowest BCUT2D eigenvalue weighted by atomic mass is 9.97. The maximum absolute atomic E-state index is 12.4. The molecule has 2 amide bonds. The number of primary amides is 1. The van der Waals surface area contributed by atoms with Crippen LogP contribution >= 0.6 is 11.6 Å². The van der Waals surface area contributed by atoms with Crippen molar-refractivity contribution in [3.63, 3.8) is 0 Å². The van der Waals surface area contributed by atoms with E-state index in [0.29, 0.717) is 35.3 Å². The number of halogens is 1. The summed E-state index contributed by atoms with van der Waals surface area (Å²) < 4.78 is 11.4. The summed E-state index contributed by atoms with van der Waals surface area (Å²) in [5, 5.41) is 0.627. The van der Waals surface area contributed by atoms with E-state index < -0.39 is 5.91 Å². The lowest BCUT2D eigenvalue weighted by Gasteiger charge is -2.30. The Hall–Kier alpha value is -3.06. The molecule has 0 bridgehead atoms. The minimum absolute atomic E-state index is 0.0536. The highest BCUT2D eigenvalue weighted by Gasteiger charge is 2.27. The molecule has 150 valence electrons. The first kappa shape index (κ1) is 19.3. The van der Waals surface area contributed by atoms with Crippen LogP contribution in [0.25, 0.3) is 11.1 Å². The van der Waals surface area contributed by atoms with E-state index in [0.717, 1.165) is 23.9 Å². The lowest BCUT2D eigenvalue weighted by molar-refractivity contribution is -0.134. The summed E-state index contributed by atoms with van der Waals surface area (Å²) >= 11 is 6.00. The number of benzene rings is 2. The van der Waals surface area contributed by atoms with E-state index in [1.165, 1.54) is 0 Å². The van der Waals surface area contributed by atoms with Gasteiger partial charge < -0.3 is 19.8 Å². The molecule has 0 spiro atoms. The normalized spacial score (nSPS) is 14.9. The van der Waals surface area contributed by atoms with Gasteiger partial charge in [0.2, 0.25) is 5.91 Å². The zero-order valence-electron chi connectivity index (χ0n) is 15.6. The number of ether oxygens (including phenoxy) is 1. The maximum Gasteiger partial charge on any atom is 0.260 e. The number of likely N-dealkylation sites (tertiary alicyclic amines) is 1. The van der Waals surface area contributed by atoms with Crippen molar-refractivity contribution in [1.82, 2.24) is 9.88 Å². The third kappa shape index (κ3) is 4.35. The minimum atomic E-state index is -0.502. The molecule has 1 aliphatic heterocycles. The molecular formula is C21H20ClN3O4. The molecule has 4 rings (SSSR count). The predicted molar refractivity (Wildman–Crippen MR) is 108 cm³/mol. The van der Waals surface area contributed by atoms with Crippen LogP contribution in [0, 0.1) is 0 Å². The SMILES string of the molecule is NC(=O)c1ccc(OCC(=O)N2CCC(c3nc4cc(Cl)ccc4o3)CC2)cc1. The second-order valence-corrected chi connectivity index (χ2v) is 7.43. The van der Waals surface area contributed by atoms with E-state index in [9.17, 15) is 9.59 Å². The number of carbonyl (C=O) groups excluding carboxylic acids is 2. The van der Waals surface area contributed by atoms with Gasteiger partial charge in [-0.25, -0.2) is 4.98 Å². The van der Waals surface area contributed by atoms with Crippen LogP contribution in [0.15, 0.2) is 46.9 Å². The van der Waals surface area contributed by atoms with Crippen molar-refractivity contribution in [2.24, 2.45) is 5.73 Å². The quantitative estimate of drug-likeness (QED) is 0.691. The number of nitrogens with zero attached hydrogens (tertiary/aromatic N) is 2. The summed E-state index contributed by atoms with van der Waals surface area (Å²) in [6.45, 7) is 1.18. The molecule has 1 fully saturated rings. The fraction of sp³-hybridized carbons (Fsp3) is 0.286. The van der Waals surface area contributed by atoms with Gasteiger partial charge in [0, 0.05) is 29.6 Å². The van der Waals surface area contributed by atoms with Gasteiger partial charge in [-0.05, 0) is 55.3 Å². The maximum atomic E-state index is 12.4. The predicted octanol–water partition coefficient (Wildman–Crippen LogP) is 3.37. The second-order valence-electron chi connectivity index (χ2n) is 7.00. The number of amides is 2. The molecule has 2 heterocycles. The van der Waals surface area contributed by atoms with Crippen LogP contribution in [0.1, 0.15) is 35.0 Å². The Morgan fingerprint density at radius 3 is 2.59 bits per heavy atom. The first-order chi connectivity index (χ1) is 14.0. The van der Waals surface area contributed by atoms with E-state index in [4.69, 9.17) is 26.5 Å². The Morgan fingerprint density at radius 2 is 1.90 bits per heavy atom. The van der Waals surface area contributed by atoms with Crippen molar-refractivity contribution in [3.8, 4) is 5.75 Å². The van der Waals surface area contributed by atoms with Crippen molar-refractivity contribution in [3.05, 3.63) is 58.9 Å². The number of fused-ring (bicyclic) bond motifs is 1. The van der Waals surface area contributed by atoms with Crippen LogP contribution in [0.4, 0.5) is 0 Å². The summed E-state index contributed by atoms with van der Waals surface area (Å²) in [4.78, 5) is 29.9. The van der Waals surface area contributed by atoms with Gasteiger partial charge in [-0.1, -0.05) is 11.6 Å². The van der Waals surface area contributed by atoms with E-state index in [1.54, 1.807) is 41.3 Å². The highest BCUT2D eigenvalue weighted by Crippen LogP contribution is 2.30. The summed E-state index contributed by atoms with van der Waals surface area (Å²) in [5.41, 5.74) is 7.08. The lowest BCUT2D eigenvalue weighted by Crippen LogP contribution is -2.40. The number of oxazole rings is 1. The average Bonchev–Trinajstić information content (AvgIpc) is 3.15. The number of hydrogen-bond acceptors (Lipinski definition) is 5. The van der Waals surface area contributed by atoms with Gasteiger partial charge in [0.25, 0.3) is 5.91 Å². The molecule has 1 saturated heterocycles. The molecule has 0 aliphatic carbocycles. The largest absolute Gasteiger partial charge is 0.484 e. The smallest absolute Gasteiger partial charge is 0.260 e. The Bertz CT molecular complexity index is 1040. The molecule has 1 aliphatic rings. The minimum Gasteiger partial charge on any atom is -0.484 e. The van der Waals surface area contributed by atoms with Crippen molar-refractivity contribution in [1.29, 1.82) is 0 Å². The number of piperidine rings is 1. The van der Waals surface area contributed by atoms with Crippen LogP contribution in [0.3, 0.4) is 0 Å². The van der Waals surface area contributed by atoms with Crippen molar-refractivity contribution >= 4 is 34.5 Å². The zero-order valence-corrected chi connectivity index (χ0v) is 16.4. The first-order valence-corrected chi connectivity index (χ1v) is 9.74. The van der Waals surface area contributed by atoms with Crippen molar-refractivity contribution < 1.29 is 18.7 Å². The highest BCUT2D eigenvalue weighted by molar-refractivity contribution is 6.31. The van der Waals surface area contributed by atoms with Gasteiger partial charge in [0.1, 0.15) is 11.3 Å². The number of nitrogens with two attached hydrogens (primary N) is 1. The third-order valence-electron chi connectivity index (χ3n) is 5.06. The van der Waals surface area contributed by atoms with Crippen LogP contribution in [-0.2, 0) is 4.79 Å². The van der Waals surface area contributed by atoms with Gasteiger partial charge >= 0.3 is 0 Å². The molecule has 0 saturated carbocycles. The Kier molecular flexibility index (Phi) is 5.40. The fourth-order valence-electron chi connectivity index (χ4n) is 3.42. The van der Waals surface area contributed by atoms with E-state index in [-0.39, 0.29) is 18.4 Å². The Labute approximate surface area is 172 Å². The van der Waals surface area contributed by atoms with E-state index in [1.807, 2.05) is 6.07 Å². The van der Waals surface area contributed by atoms with Crippen LogP contribution in [0.5, 0.6) is 5.75 Å². The second kappa shape index (κ2) is 8.13. The zero-order chi connectivity index (χ0) is 20.4. The summed E-state index contributed by atoms with van der Waals surface area (Å²) in [6.07, 6.45) is 1.55. The number of hydrogen-bond donors (Lipinski definition) is 1. The van der Waals surface area contributed by atoms with Crippen LogP contribution in [0.2, 0.25) is 5.02 Å². The molecule has 3 aromatic rings. The molecule has 2 N–H and O–H groups in total. The molecule has 1 aromatic heterocycles. The van der Waals surface area contributed by atoms with Crippen LogP contribution in [-0.4, -0.2) is 41.4 Å². The molecular weight excluding hydrogens is 394 g/mol. The van der Waals surface area contributed by atoms with Gasteiger partial charge in [0.05, 0.1) is 0 Å². The standard InChI is InChI=1S/C21H20ClN3O4/c22-15-3-6-18-17(11-15)24-21(29-18)14-7-9-25(10-8-14)19(26)12-28-16-4-1-13(2-5-16)20(23)27/h1-6,11,14H,7-10,12H2,(H2,23,27). The monoisotopic (exact) mass is 413 g/mol. The van der Waals surface area contributed by atoms with E-state index in [2.05, 4.69) is 4.98 Å². The van der Waals surface area contributed by atoms with E-state index >= 15 is 0 Å².